The van der Waals surface area contributed by atoms with Gasteiger partial charge in [-0.25, -0.2) is 9.50 Å². The second-order valence-electron chi connectivity index (χ2n) is 8.88. The molecule has 1 amide bonds. The molecule has 5 aromatic heterocycles. The molecule has 35 heavy (non-hydrogen) atoms. The van der Waals surface area contributed by atoms with E-state index in [-0.39, 0.29) is 5.91 Å². The number of hydrogen-bond donors (Lipinski definition) is 3. The maximum Gasteiger partial charge on any atom is 0.259 e. The number of piperidine rings is 1. The highest BCUT2D eigenvalue weighted by atomic mass is 16.1. The predicted octanol–water partition coefficient (Wildman–Crippen LogP) is 3.43. The van der Waals surface area contributed by atoms with Crippen LogP contribution in [0, 0.1) is 0 Å². The standard InChI is InChI=1S/C25H25N9O/c1-33-8-5-17(6-9-33)31-25-28-14-20-19(13-27-23(20)32-25)16-4-10-34-22(11-16)21(15-29-34)24(35)30-18-3-2-7-26-12-18/h2-4,7,10-15,17H,5-6,8-9H2,1H3,(H,30,35)(H2,27,28,31,32). The first-order valence-electron chi connectivity index (χ1n) is 11.6. The van der Waals surface area contributed by atoms with Crippen molar-refractivity contribution in [3.05, 3.63) is 67.0 Å². The maximum atomic E-state index is 12.9. The Morgan fingerprint density at radius 1 is 1.17 bits per heavy atom. The lowest BCUT2D eigenvalue weighted by Crippen LogP contribution is -2.37. The molecule has 1 fully saturated rings. The van der Waals surface area contributed by atoms with Crippen molar-refractivity contribution < 1.29 is 4.79 Å². The summed E-state index contributed by atoms with van der Waals surface area (Å²) in [5, 5.41) is 11.6. The zero-order valence-corrected chi connectivity index (χ0v) is 19.3. The van der Waals surface area contributed by atoms with Crippen molar-refractivity contribution in [2.75, 3.05) is 30.8 Å². The van der Waals surface area contributed by atoms with Crippen LogP contribution < -0.4 is 10.6 Å². The van der Waals surface area contributed by atoms with E-state index in [1.54, 1.807) is 35.2 Å². The van der Waals surface area contributed by atoms with E-state index < -0.39 is 0 Å². The highest BCUT2D eigenvalue weighted by molar-refractivity contribution is 6.09. The minimum absolute atomic E-state index is 0.239. The van der Waals surface area contributed by atoms with Crippen molar-refractivity contribution in [1.82, 2.24) is 34.4 Å². The summed E-state index contributed by atoms with van der Waals surface area (Å²) in [4.78, 5) is 31.8. The van der Waals surface area contributed by atoms with Crippen LogP contribution in [0.2, 0.25) is 0 Å². The quantitative estimate of drug-likeness (QED) is 0.363. The van der Waals surface area contributed by atoms with Crippen LogP contribution in [0.4, 0.5) is 11.6 Å². The zero-order valence-electron chi connectivity index (χ0n) is 19.3. The number of pyridine rings is 2. The Hall–Kier alpha value is -4.31. The number of aromatic nitrogens is 6. The molecule has 176 valence electrons. The molecule has 1 aliphatic heterocycles. The molecule has 1 saturated heterocycles. The molecule has 3 N–H and O–H groups in total. The summed E-state index contributed by atoms with van der Waals surface area (Å²) in [6.45, 7) is 2.15. The molecule has 0 aliphatic carbocycles. The number of rotatable bonds is 5. The number of nitrogens with zero attached hydrogens (tertiary/aromatic N) is 6. The van der Waals surface area contributed by atoms with Gasteiger partial charge in [0.1, 0.15) is 5.65 Å². The highest BCUT2D eigenvalue weighted by Gasteiger charge is 2.19. The Morgan fingerprint density at radius 2 is 2.06 bits per heavy atom. The van der Waals surface area contributed by atoms with E-state index in [4.69, 9.17) is 4.98 Å². The van der Waals surface area contributed by atoms with Crippen LogP contribution >= 0.6 is 0 Å². The molecular formula is C25H25N9O. The third-order valence-corrected chi connectivity index (χ3v) is 6.48. The molecule has 0 radical (unpaired) electrons. The summed E-state index contributed by atoms with van der Waals surface area (Å²) >= 11 is 0. The number of carbonyl (C=O) groups is 1. The third kappa shape index (κ3) is 4.19. The van der Waals surface area contributed by atoms with Gasteiger partial charge in [0.15, 0.2) is 0 Å². The van der Waals surface area contributed by atoms with E-state index in [2.05, 4.69) is 42.6 Å². The van der Waals surface area contributed by atoms with E-state index in [9.17, 15) is 4.79 Å². The van der Waals surface area contributed by atoms with Gasteiger partial charge in [0.25, 0.3) is 5.91 Å². The number of H-pyrrole nitrogens is 1. The third-order valence-electron chi connectivity index (χ3n) is 6.48. The lowest BCUT2D eigenvalue weighted by atomic mass is 10.1. The lowest BCUT2D eigenvalue weighted by Gasteiger charge is -2.29. The smallest absolute Gasteiger partial charge is 0.259 e. The molecule has 0 atom stereocenters. The van der Waals surface area contributed by atoms with Crippen molar-refractivity contribution in [3.8, 4) is 11.1 Å². The van der Waals surface area contributed by atoms with Crippen LogP contribution in [0.15, 0.2) is 61.4 Å². The molecule has 6 rings (SSSR count). The summed E-state index contributed by atoms with van der Waals surface area (Å²) < 4.78 is 1.69. The van der Waals surface area contributed by atoms with Crippen LogP contribution in [-0.4, -0.2) is 66.5 Å². The van der Waals surface area contributed by atoms with Gasteiger partial charge in [-0.15, -0.1) is 0 Å². The fraction of sp³-hybridized carbons (Fsp3) is 0.240. The highest BCUT2D eigenvalue weighted by Crippen LogP contribution is 2.29. The number of likely N-dealkylation sites (tertiary alicyclic amines) is 1. The van der Waals surface area contributed by atoms with Crippen LogP contribution in [0.3, 0.4) is 0 Å². The molecule has 0 saturated carbocycles. The molecule has 0 aromatic carbocycles. The van der Waals surface area contributed by atoms with Gasteiger partial charge >= 0.3 is 0 Å². The van der Waals surface area contributed by atoms with Crippen molar-refractivity contribution in [2.45, 2.75) is 18.9 Å². The van der Waals surface area contributed by atoms with Gasteiger partial charge in [-0.05, 0) is 62.8 Å². The van der Waals surface area contributed by atoms with Gasteiger partial charge in [-0.1, -0.05) is 0 Å². The lowest BCUT2D eigenvalue weighted by molar-refractivity contribution is 0.102. The van der Waals surface area contributed by atoms with E-state index in [1.807, 2.05) is 30.7 Å². The minimum atomic E-state index is -0.239. The van der Waals surface area contributed by atoms with Gasteiger partial charge < -0.3 is 20.5 Å². The molecule has 10 heteroatoms. The van der Waals surface area contributed by atoms with Gasteiger partial charge in [0.2, 0.25) is 5.95 Å². The van der Waals surface area contributed by atoms with Crippen molar-refractivity contribution in [3.63, 3.8) is 0 Å². The average molecular weight is 468 g/mol. The van der Waals surface area contributed by atoms with E-state index in [1.165, 1.54) is 0 Å². The Kier molecular flexibility index (Phi) is 5.34. The first-order chi connectivity index (χ1) is 17.1. The fourth-order valence-corrected chi connectivity index (χ4v) is 4.51. The molecule has 1 aliphatic rings. The van der Waals surface area contributed by atoms with E-state index >= 15 is 0 Å². The zero-order chi connectivity index (χ0) is 23.8. The Balaban J connectivity index is 1.28. The molecule has 5 aromatic rings. The van der Waals surface area contributed by atoms with Gasteiger partial charge in [0, 0.05) is 41.8 Å². The molecule has 0 bridgehead atoms. The molecule has 0 spiro atoms. The van der Waals surface area contributed by atoms with Crippen molar-refractivity contribution >= 4 is 34.1 Å². The fourth-order valence-electron chi connectivity index (χ4n) is 4.51. The van der Waals surface area contributed by atoms with Gasteiger partial charge in [0.05, 0.1) is 29.2 Å². The second kappa shape index (κ2) is 8.80. The van der Waals surface area contributed by atoms with Crippen LogP contribution in [0.25, 0.3) is 27.7 Å². The van der Waals surface area contributed by atoms with Crippen LogP contribution in [0.5, 0.6) is 0 Å². The minimum Gasteiger partial charge on any atom is -0.351 e. The van der Waals surface area contributed by atoms with Crippen molar-refractivity contribution in [1.29, 1.82) is 0 Å². The van der Waals surface area contributed by atoms with Gasteiger partial charge in [-0.3, -0.25) is 9.78 Å². The maximum absolute atomic E-state index is 12.9. The molecule has 0 unspecified atom stereocenters. The topological polar surface area (TPSA) is 116 Å². The second-order valence-corrected chi connectivity index (χ2v) is 8.88. The summed E-state index contributed by atoms with van der Waals surface area (Å²) in [6.07, 6.45) is 12.6. The monoisotopic (exact) mass is 467 g/mol. The van der Waals surface area contributed by atoms with Crippen LogP contribution in [-0.2, 0) is 0 Å². The number of nitrogens with one attached hydrogen (secondary N) is 3. The largest absolute Gasteiger partial charge is 0.351 e. The molecular weight excluding hydrogens is 442 g/mol. The number of aromatic amines is 1. The number of amides is 1. The molecule has 6 heterocycles. The summed E-state index contributed by atoms with van der Waals surface area (Å²) in [6, 6.07) is 7.88. The average Bonchev–Trinajstić information content (AvgIpc) is 3.50. The summed E-state index contributed by atoms with van der Waals surface area (Å²) in [5.74, 6) is 0.401. The first kappa shape index (κ1) is 21.2. The SMILES string of the molecule is CN1CCC(Nc2ncc3c(-c4ccn5ncc(C(=O)Nc6cccnc6)c5c4)c[nH]c3n2)CC1. The molecule has 10 nitrogen and oxygen atoms in total. The number of hydrogen-bond acceptors (Lipinski definition) is 7. The Labute approximate surface area is 201 Å². The first-order valence-corrected chi connectivity index (χ1v) is 11.6. The Bertz CT molecular complexity index is 1500. The normalized spacial score (nSPS) is 15.0. The predicted molar refractivity (Wildman–Crippen MR) is 134 cm³/mol. The summed E-state index contributed by atoms with van der Waals surface area (Å²) in [5.41, 5.74) is 4.50. The number of carbonyl (C=O) groups excluding carboxylic acids is 1. The van der Waals surface area contributed by atoms with Crippen molar-refractivity contribution in [2.24, 2.45) is 0 Å². The van der Waals surface area contributed by atoms with E-state index in [0.717, 1.165) is 48.1 Å². The number of fused-ring (bicyclic) bond motifs is 2. The van der Waals surface area contributed by atoms with E-state index in [0.29, 0.717) is 28.8 Å². The Morgan fingerprint density at radius 3 is 2.89 bits per heavy atom. The number of anilines is 2. The van der Waals surface area contributed by atoms with Crippen LogP contribution in [0.1, 0.15) is 23.2 Å². The van der Waals surface area contributed by atoms with Gasteiger partial charge in [-0.2, -0.15) is 10.1 Å². The summed E-state index contributed by atoms with van der Waals surface area (Å²) in [7, 11) is 2.15.